The molecule has 3 aromatic rings. The molecule has 0 radical (unpaired) electrons. The summed E-state index contributed by atoms with van der Waals surface area (Å²) in [5.74, 6) is -1.17. The van der Waals surface area contributed by atoms with Crippen LogP contribution in [0.15, 0.2) is 42.5 Å². The summed E-state index contributed by atoms with van der Waals surface area (Å²) in [5, 5.41) is 3.04. The fourth-order valence-corrected chi connectivity index (χ4v) is 3.53. The number of aromatic nitrogens is 1. The van der Waals surface area contributed by atoms with Gasteiger partial charge in [0, 0.05) is 10.4 Å². The highest BCUT2D eigenvalue weighted by Gasteiger charge is 2.28. The molecule has 2 aromatic carbocycles. The van der Waals surface area contributed by atoms with Crippen LogP contribution in [-0.2, 0) is 4.79 Å². The number of carbonyl (C=O) groups excluding carboxylic acids is 1. The van der Waals surface area contributed by atoms with E-state index in [4.69, 9.17) is 9.47 Å². The number of halogens is 2. The minimum absolute atomic E-state index is 0.0865. The lowest BCUT2D eigenvalue weighted by Gasteiger charge is -2.25. The van der Waals surface area contributed by atoms with Crippen molar-refractivity contribution in [3.63, 3.8) is 0 Å². The highest BCUT2D eigenvalue weighted by Crippen LogP contribution is 2.33. The molecular formula is C19H14F2N2O3S. The third kappa shape index (κ3) is 3.48. The zero-order valence-corrected chi connectivity index (χ0v) is 15.0. The van der Waals surface area contributed by atoms with E-state index >= 15 is 0 Å². The van der Waals surface area contributed by atoms with E-state index in [9.17, 15) is 13.6 Å². The number of nitrogens with one attached hydrogen (secondary N) is 1. The standard InChI is InChI=1S/C19H14F2N2O3S/c1-10-17(11-6-7-12(20)13(21)8-11)22-19(27-10)23-18(24)16-9-25-14-4-2-3-5-15(14)26-16/h2-8,16H,9H2,1H3,(H,22,23,24)/t16-/m1/s1. The molecule has 1 amide bonds. The summed E-state index contributed by atoms with van der Waals surface area (Å²) >= 11 is 1.24. The molecule has 0 fully saturated rings. The number of amides is 1. The molecule has 1 aliphatic heterocycles. The first-order chi connectivity index (χ1) is 13.0. The predicted molar refractivity (Wildman–Crippen MR) is 97.2 cm³/mol. The van der Waals surface area contributed by atoms with E-state index in [0.717, 1.165) is 17.0 Å². The highest BCUT2D eigenvalue weighted by molar-refractivity contribution is 7.16. The van der Waals surface area contributed by atoms with Gasteiger partial charge in [-0.3, -0.25) is 10.1 Å². The van der Waals surface area contributed by atoms with Crippen molar-refractivity contribution in [1.29, 1.82) is 0 Å². The second-order valence-electron chi connectivity index (χ2n) is 5.91. The number of rotatable bonds is 3. The Morgan fingerprint density at radius 1 is 1.19 bits per heavy atom. The molecular weight excluding hydrogens is 374 g/mol. The van der Waals surface area contributed by atoms with Crippen molar-refractivity contribution >= 4 is 22.4 Å². The zero-order valence-electron chi connectivity index (χ0n) is 14.2. The second-order valence-corrected chi connectivity index (χ2v) is 7.11. The molecule has 0 spiro atoms. The topological polar surface area (TPSA) is 60.5 Å². The minimum atomic E-state index is -0.947. The van der Waals surface area contributed by atoms with Gasteiger partial charge in [0.05, 0.1) is 5.69 Å². The first-order valence-corrected chi connectivity index (χ1v) is 8.95. The van der Waals surface area contributed by atoms with Gasteiger partial charge >= 0.3 is 0 Å². The van der Waals surface area contributed by atoms with Crippen LogP contribution in [0, 0.1) is 18.6 Å². The first kappa shape index (κ1) is 17.4. The van der Waals surface area contributed by atoms with Crippen molar-refractivity contribution in [2.24, 2.45) is 0 Å². The van der Waals surface area contributed by atoms with Crippen LogP contribution in [0.25, 0.3) is 11.3 Å². The number of fused-ring (bicyclic) bond motifs is 1. The third-order valence-electron chi connectivity index (χ3n) is 4.02. The van der Waals surface area contributed by atoms with Gasteiger partial charge in [-0.1, -0.05) is 12.1 Å². The van der Waals surface area contributed by atoms with Crippen LogP contribution >= 0.6 is 11.3 Å². The smallest absolute Gasteiger partial charge is 0.270 e. The quantitative estimate of drug-likeness (QED) is 0.731. The number of hydrogen-bond acceptors (Lipinski definition) is 5. The lowest BCUT2D eigenvalue weighted by Crippen LogP contribution is -2.40. The molecule has 2 heterocycles. The van der Waals surface area contributed by atoms with Crippen molar-refractivity contribution in [2.75, 3.05) is 11.9 Å². The summed E-state index contributed by atoms with van der Waals surface area (Å²) in [7, 11) is 0. The van der Waals surface area contributed by atoms with Gasteiger partial charge in [0.15, 0.2) is 28.3 Å². The van der Waals surface area contributed by atoms with E-state index in [1.165, 1.54) is 17.4 Å². The Labute approximate surface area is 157 Å². The molecule has 1 aliphatic rings. The van der Waals surface area contributed by atoms with Crippen LogP contribution in [0.2, 0.25) is 0 Å². The van der Waals surface area contributed by atoms with E-state index in [-0.39, 0.29) is 6.61 Å². The van der Waals surface area contributed by atoms with Gasteiger partial charge in [0.25, 0.3) is 5.91 Å². The summed E-state index contributed by atoms with van der Waals surface area (Å²) in [5.41, 5.74) is 0.926. The first-order valence-electron chi connectivity index (χ1n) is 8.13. The summed E-state index contributed by atoms with van der Waals surface area (Å²) in [4.78, 5) is 17.6. The largest absolute Gasteiger partial charge is 0.485 e. The Balaban J connectivity index is 1.50. The van der Waals surface area contributed by atoms with Crippen molar-refractivity contribution < 1.29 is 23.0 Å². The van der Waals surface area contributed by atoms with Gasteiger partial charge in [-0.25, -0.2) is 13.8 Å². The number of nitrogens with zero attached hydrogens (tertiary/aromatic N) is 1. The van der Waals surface area contributed by atoms with Crippen LogP contribution in [0.3, 0.4) is 0 Å². The summed E-state index contributed by atoms with van der Waals surface area (Å²) < 4.78 is 37.8. The second kappa shape index (κ2) is 6.96. The summed E-state index contributed by atoms with van der Waals surface area (Å²) in [6, 6.07) is 10.7. The van der Waals surface area contributed by atoms with E-state index in [0.29, 0.717) is 27.9 Å². The number of ether oxygens (including phenoxy) is 2. The molecule has 1 aromatic heterocycles. The van der Waals surface area contributed by atoms with E-state index < -0.39 is 23.6 Å². The number of thiazole rings is 1. The number of para-hydroxylation sites is 2. The average molecular weight is 388 g/mol. The molecule has 0 saturated heterocycles. The molecule has 1 N–H and O–H groups in total. The van der Waals surface area contributed by atoms with Crippen molar-refractivity contribution in [3.05, 3.63) is 59.0 Å². The summed E-state index contributed by atoms with van der Waals surface area (Å²) in [6.45, 7) is 1.88. The highest BCUT2D eigenvalue weighted by atomic mass is 32.1. The van der Waals surface area contributed by atoms with E-state index in [1.807, 2.05) is 6.07 Å². The number of benzene rings is 2. The molecule has 27 heavy (non-hydrogen) atoms. The average Bonchev–Trinajstić information content (AvgIpc) is 3.03. The Morgan fingerprint density at radius 2 is 1.96 bits per heavy atom. The number of carbonyl (C=O) groups is 1. The van der Waals surface area contributed by atoms with Gasteiger partial charge in [0.2, 0.25) is 6.10 Å². The maximum atomic E-state index is 13.5. The van der Waals surface area contributed by atoms with E-state index in [2.05, 4.69) is 10.3 Å². The molecule has 0 aliphatic carbocycles. The van der Waals surface area contributed by atoms with Gasteiger partial charge in [-0.05, 0) is 37.3 Å². The van der Waals surface area contributed by atoms with Crippen LogP contribution in [0.4, 0.5) is 13.9 Å². The molecule has 138 valence electrons. The Hall–Kier alpha value is -3.00. The van der Waals surface area contributed by atoms with E-state index in [1.54, 1.807) is 25.1 Å². The lowest BCUT2D eigenvalue weighted by molar-refractivity contribution is -0.125. The summed E-state index contributed by atoms with van der Waals surface area (Å²) in [6.07, 6.45) is -0.809. The predicted octanol–water partition coefficient (Wildman–Crippen LogP) is 4.18. The third-order valence-corrected chi connectivity index (χ3v) is 4.91. The maximum absolute atomic E-state index is 13.5. The van der Waals surface area contributed by atoms with Crippen LogP contribution in [0.1, 0.15) is 4.88 Å². The van der Waals surface area contributed by atoms with Crippen LogP contribution in [-0.4, -0.2) is 23.6 Å². The monoisotopic (exact) mass is 388 g/mol. The van der Waals surface area contributed by atoms with Gasteiger partial charge < -0.3 is 9.47 Å². The molecule has 5 nitrogen and oxygen atoms in total. The van der Waals surface area contributed by atoms with Gasteiger partial charge in [-0.15, -0.1) is 11.3 Å². The van der Waals surface area contributed by atoms with Crippen LogP contribution < -0.4 is 14.8 Å². The molecule has 4 rings (SSSR count). The Kier molecular flexibility index (Phi) is 4.49. The number of hydrogen-bond donors (Lipinski definition) is 1. The van der Waals surface area contributed by atoms with Crippen LogP contribution in [0.5, 0.6) is 11.5 Å². The van der Waals surface area contributed by atoms with Crippen molar-refractivity contribution in [2.45, 2.75) is 13.0 Å². The van der Waals surface area contributed by atoms with Gasteiger partial charge in [-0.2, -0.15) is 0 Å². The molecule has 0 saturated carbocycles. The zero-order chi connectivity index (χ0) is 19.0. The SMILES string of the molecule is Cc1sc(NC(=O)[C@H]2COc3ccccc3O2)nc1-c1ccc(F)c(F)c1. The fourth-order valence-electron chi connectivity index (χ4n) is 2.70. The Bertz CT molecular complexity index is 1020. The molecule has 8 heteroatoms. The van der Waals surface area contributed by atoms with Gasteiger partial charge in [0.1, 0.15) is 6.61 Å². The minimum Gasteiger partial charge on any atom is -0.485 e. The Morgan fingerprint density at radius 3 is 2.74 bits per heavy atom. The molecule has 0 bridgehead atoms. The molecule has 1 atom stereocenters. The lowest BCUT2D eigenvalue weighted by atomic mass is 10.1. The van der Waals surface area contributed by atoms with Crippen molar-refractivity contribution in [1.82, 2.24) is 4.98 Å². The van der Waals surface area contributed by atoms with Crippen molar-refractivity contribution in [3.8, 4) is 22.8 Å². The maximum Gasteiger partial charge on any atom is 0.270 e. The fraction of sp³-hybridized carbons (Fsp3) is 0.158. The molecule has 0 unspecified atom stereocenters. The number of anilines is 1. The number of aryl methyl sites for hydroxylation is 1. The normalized spacial score (nSPS) is 15.4.